The van der Waals surface area contributed by atoms with E-state index in [0.717, 1.165) is 9.87 Å². The van der Waals surface area contributed by atoms with Crippen molar-refractivity contribution in [3.8, 4) is 5.75 Å². The first-order valence-corrected chi connectivity index (χ1v) is 13.9. The van der Waals surface area contributed by atoms with Gasteiger partial charge in [-0.05, 0) is 69.2 Å². The summed E-state index contributed by atoms with van der Waals surface area (Å²) in [5, 5.41) is 2.85. The SMILES string of the molecule is COc1ccc(N(CC(=O)N(CCc2ccccc2)[C@H](C)C(=O)NC(C)C)S(=O)(=O)c2ccccc2)cc1. The van der Waals surface area contributed by atoms with Crippen molar-refractivity contribution in [3.63, 3.8) is 0 Å². The van der Waals surface area contributed by atoms with Gasteiger partial charge in [-0.1, -0.05) is 48.5 Å². The zero-order valence-electron chi connectivity index (χ0n) is 22.2. The molecule has 3 aromatic rings. The minimum Gasteiger partial charge on any atom is -0.497 e. The maximum Gasteiger partial charge on any atom is 0.264 e. The Balaban J connectivity index is 1.96. The lowest BCUT2D eigenvalue weighted by Crippen LogP contribution is -2.53. The van der Waals surface area contributed by atoms with Crippen LogP contribution in [-0.4, -0.2) is 57.4 Å². The number of methoxy groups -OCH3 is 1. The lowest BCUT2D eigenvalue weighted by Gasteiger charge is -2.32. The van der Waals surface area contributed by atoms with Gasteiger partial charge in [-0.2, -0.15) is 0 Å². The fraction of sp³-hybridized carbons (Fsp3) is 0.310. The molecule has 0 bridgehead atoms. The number of sulfonamides is 1. The maximum atomic E-state index is 13.8. The van der Waals surface area contributed by atoms with Gasteiger partial charge in [0.2, 0.25) is 11.8 Å². The molecule has 1 atom stereocenters. The van der Waals surface area contributed by atoms with Crippen molar-refractivity contribution in [2.24, 2.45) is 0 Å². The van der Waals surface area contributed by atoms with Crippen LogP contribution in [0.5, 0.6) is 5.75 Å². The van der Waals surface area contributed by atoms with E-state index in [0.29, 0.717) is 17.9 Å². The van der Waals surface area contributed by atoms with E-state index in [1.165, 1.54) is 24.1 Å². The van der Waals surface area contributed by atoms with Gasteiger partial charge >= 0.3 is 0 Å². The van der Waals surface area contributed by atoms with Gasteiger partial charge in [0.25, 0.3) is 10.0 Å². The number of hydrogen-bond donors (Lipinski definition) is 1. The predicted octanol–water partition coefficient (Wildman–Crippen LogP) is 3.87. The average molecular weight is 538 g/mol. The van der Waals surface area contributed by atoms with Crippen LogP contribution in [0, 0.1) is 0 Å². The van der Waals surface area contributed by atoms with Crippen LogP contribution in [0.3, 0.4) is 0 Å². The van der Waals surface area contributed by atoms with Crippen molar-refractivity contribution in [3.05, 3.63) is 90.5 Å². The third kappa shape index (κ3) is 7.35. The number of amides is 2. The Kier molecular flexibility index (Phi) is 9.90. The summed E-state index contributed by atoms with van der Waals surface area (Å²) < 4.78 is 33.7. The second kappa shape index (κ2) is 13.1. The van der Waals surface area contributed by atoms with Gasteiger partial charge in [0, 0.05) is 12.6 Å². The molecule has 2 amide bonds. The van der Waals surface area contributed by atoms with Gasteiger partial charge in [0.05, 0.1) is 17.7 Å². The normalized spacial score (nSPS) is 12.0. The summed E-state index contributed by atoms with van der Waals surface area (Å²) in [4.78, 5) is 28.2. The van der Waals surface area contributed by atoms with Crippen LogP contribution in [0.15, 0.2) is 89.8 Å². The van der Waals surface area contributed by atoms with E-state index < -0.39 is 28.5 Å². The summed E-state index contributed by atoms with van der Waals surface area (Å²) in [5.41, 5.74) is 1.32. The number of carbonyl (C=O) groups is 2. The Morgan fingerprint density at radius 3 is 2.00 bits per heavy atom. The Bertz CT molecular complexity index is 1300. The molecule has 202 valence electrons. The van der Waals surface area contributed by atoms with Crippen LogP contribution in [0.2, 0.25) is 0 Å². The Morgan fingerprint density at radius 2 is 1.45 bits per heavy atom. The quantitative estimate of drug-likeness (QED) is 0.378. The molecule has 0 saturated carbocycles. The van der Waals surface area contributed by atoms with Crippen molar-refractivity contribution in [1.82, 2.24) is 10.2 Å². The van der Waals surface area contributed by atoms with Gasteiger partial charge in [-0.3, -0.25) is 13.9 Å². The first-order chi connectivity index (χ1) is 18.1. The van der Waals surface area contributed by atoms with Gasteiger partial charge < -0.3 is 15.0 Å². The number of nitrogens with one attached hydrogen (secondary N) is 1. The molecule has 9 heteroatoms. The highest BCUT2D eigenvalue weighted by Crippen LogP contribution is 2.26. The third-order valence-corrected chi connectivity index (χ3v) is 7.84. The zero-order chi connectivity index (χ0) is 27.7. The average Bonchev–Trinajstić information content (AvgIpc) is 2.92. The summed E-state index contributed by atoms with van der Waals surface area (Å²) in [7, 11) is -2.57. The minimum atomic E-state index is -4.09. The maximum absolute atomic E-state index is 13.8. The van der Waals surface area contributed by atoms with Gasteiger partial charge in [-0.15, -0.1) is 0 Å². The van der Waals surface area contributed by atoms with Crippen LogP contribution < -0.4 is 14.4 Å². The van der Waals surface area contributed by atoms with Crippen molar-refractivity contribution >= 4 is 27.5 Å². The summed E-state index contributed by atoms with van der Waals surface area (Å²) in [6.45, 7) is 5.12. The van der Waals surface area contributed by atoms with Crippen LogP contribution in [0.4, 0.5) is 5.69 Å². The number of nitrogens with zero attached hydrogens (tertiary/aromatic N) is 2. The van der Waals surface area contributed by atoms with Gasteiger partial charge in [0.1, 0.15) is 18.3 Å². The van der Waals surface area contributed by atoms with E-state index in [-0.39, 0.29) is 23.4 Å². The standard InChI is InChI=1S/C29H35N3O5S/c1-22(2)30-29(34)23(3)31(20-19-24-11-7-5-8-12-24)28(33)21-32(25-15-17-26(37-4)18-16-25)38(35,36)27-13-9-6-10-14-27/h5-18,22-23H,19-21H2,1-4H3,(H,30,34)/t23-/m1/s1. The van der Waals surface area contributed by atoms with Crippen LogP contribution in [0.1, 0.15) is 26.3 Å². The highest BCUT2D eigenvalue weighted by Gasteiger charge is 2.32. The minimum absolute atomic E-state index is 0.0602. The number of hydrogen-bond acceptors (Lipinski definition) is 5. The highest BCUT2D eigenvalue weighted by atomic mass is 32.2. The largest absolute Gasteiger partial charge is 0.497 e. The third-order valence-electron chi connectivity index (χ3n) is 6.05. The number of ether oxygens (including phenoxy) is 1. The van der Waals surface area contributed by atoms with Crippen molar-refractivity contribution < 1.29 is 22.7 Å². The fourth-order valence-corrected chi connectivity index (χ4v) is 5.41. The molecule has 0 aliphatic heterocycles. The molecule has 0 aliphatic rings. The lowest BCUT2D eigenvalue weighted by molar-refractivity contribution is -0.139. The van der Waals surface area contributed by atoms with Crippen molar-refractivity contribution in [2.75, 3.05) is 24.5 Å². The molecule has 3 rings (SSSR count). The molecule has 38 heavy (non-hydrogen) atoms. The first kappa shape index (κ1) is 28.7. The molecule has 0 unspecified atom stereocenters. The van der Waals surface area contributed by atoms with E-state index in [4.69, 9.17) is 4.74 Å². The first-order valence-electron chi connectivity index (χ1n) is 12.5. The Labute approximate surface area is 225 Å². The van der Waals surface area contributed by atoms with Crippen LogP contribution in [-0.2, 0) is 26.0 Å². The topological polar surface area (TPSA) is 96.0 Å². The van der Waals surface area contributed by atoms with E-state index in [1.54, 1.807) is 49.4 Å². The molecule has 0 radical (unpaired) electrons. The van der Waals surface area contributed by atoms with E-state index in [2.05, 4.69) is 5.32 Å². The molecule has 3 aromatic carbocycles. The van der Waals surface area contributed by atoms with E-state index in [1.807, 2.05) is 44.2 Å². The number of benzene rings is 3. The number of carbonyl (C=O) groups excluding carboxylic acids is 2. The molecule has 1 N–H and O–H groups in total. The molecular weight excluding hydrogens is 502 g/mol. The molecule has 0 spiro atoms. The summed E-state index contributed by atoms with van der Waals surface area (Å²) >= 11 is 0. The molecule has 0 aromatic heterocycles. The lowest BCUT2D eigenvalue weighted by atomic mass is 10.1. The number of anilines is 1. The monoisotopic (exact) mass is 537 g/mol. The second-order valence-corrected chi connectivity index (χ2v) is 11.0. The Hall–Kier alpha value is -3.85. The van der Waals surface area contributed by atoms with E-state index >= 15 is 0 Å². The fourth-order valence-electron chi connectivity index (χ4n) is 3.97. The van der Waals surface area contributed by atoms with E-state index in [9.17, 15) is 18.0 Å². The molecule has 0 saturated heterocycles. The predicted molar refractivity (Wildman–Crippen MR) is 149 cm³/mol. The molecule has 8 nitrogen and oxygen atoms in total. The molecule has 0 aliphatic carbocycles. The Morgan fingerprint density at radius 1 is 0.868 bits per heavy atom. The molecular formula is C29H35N3O5S. The van der Waals surface area contributed by atoms with Crippen molar-refractivity contribution in [1.29, 1.82) is 0 Å². The summed E-state index contributed by atoms with van der Waals surface area (Å²) in [6.07, 6.45) is 0.514. The second-order valence-electron chi connectivity index (χ2n) is 9.18. The smallest absolute Gasteiger partial charge is 0.264 e. The summed E-state index contributed by atoms with van der Waals surface area (Å²) in [5.74, 6) is -0.230. The van der Waals surface area contributed by atoms with Gasteiger partial charge in [0.15, 0.2) is 0 Å². The molecule has 0 fully saturated rings. The highest BCUT2D eigenvalue weighted by molar-refractivity contribution is 7.92. The molecule has 0 heterocycles. The van der Waals surface area contributed by atoms with Gasteiger partial charge in [-0.25, -0.2) is 8.42 Å². The number of rotatable bonds is 12. The summed E-state index contributed by atoms with van der Waals surface area (Å²) in [6, 6.07) is 23.1. The van der Waals surface area contributed by atoms with Crippen LogP contribution in [0.25, 0.3) is 0 Å². The van der Waals surface area contributed by atoms with Crippen molar-refractivity contribution in [2.45, 2.75) is 44.2 Å². The van der Waals surface area contributed by atoms with Crippen LogP contribution >= 0.6 is 0 Å². The zero-order valence-corrected chi connectivity index (χ0v) is 23.0.